The molecule has 1 aliphatic rings. The number of halogens is 2. The zero-order chi connectivity index (χ0) is 19.4. The van der Waals surface area contributed by atoms with Crippen LogP contribution in [0.1, 0.15) is 33.2 Å². The van der Waals surface area contributed by atoms with Crippen LogP contribution < -0.4 is 0 Å². The zero-order valence-electron chi connectivity index (χ0n) is 15.3. The summed E-state index contributed by atoms with van der Waals surface area (Å²) in [5.74, 6) is -2.27. The van der Waals surface area contributed by atoms with Crippen LogP contribution in [0.4, 0.5) is 8.78 Å². The minimum Gasteiger partial charge on any atom is -0.336 e. The number of aryl methyl sites for hydroxylation is 1. The van der Waals surface area contributed by atoms with E-state index in [0.717, 1.165) is 18.6 Å². The molecule has 0 aliphatic carbocycles. The van der Waals surface area contributed by atoms with Crippen molar-refractivity contribution in [3.05, 3.63) is 70.8 Å². The Balaban J connectivity index is 1.54. The number of piperazine rings is 1. The van der Waals surface area contributed by atoms with Gasteiger partial charge in [0.1, 0.15) is 0 Å². The van der Waals surface area contributed by atoms with Gasteiger partial charge in [-0.25, -0.2) is 8.78 Å². The molecule has 0 bridgehead atoms. The van der Waals surface area contributed by atoms with Crippen LogP contribution >= 0.6 is 0 Å². The van der Waals surface area contributed by atoms with E-state index in [0.29, 0.717) is 38.3 Å². The largest absolute Gasteiger partial charge is 0.336 e. The van der Waals surface area contributed by atoms with Crippen molar-refractivity contribution in [1.29, 1.82) is 0 Å². The van der Waals surface area contributed by atoms with Gasteiger partial charge in [0.05, 0.1) is 6.54 Å². The van der Waals surface area contributed by atoms with Crippen LogP contribution in [0.3, 0.4) is 0 Å². The molecular formula is C21H22F2N2O2. The molecule has 1 aliphatic heterocycles. The molecule has 1 saturated heterocycles. The van der Waals surface area contributed by atoms with Crippen LogP contribution in [0.25, 0.3) is 0 Å². The molecule has 0 saturated carbocycles. The van der Waals surface area contributed by atoms with E-state index in [9.17, 15) is 18.4 Å². The molecule has 27 heavy (non-hydrogen) atoms. The zero-order valence-corrected chi connectivity index (χ0v) is 15.3. The second-order valence-electron chi connectivity index (χ2n) is 6.67. The summed E-state index contributed by atoms with van der Waals surface area (Å²) in [6, 6.07) is 10.8. The van der Waals surface area contributed by atoms with Crippen molar-refractivity contribution in [1.82, 2.24) is 9.80 Å². The van der Waals surface area contributed by atoms with Crippen LogP contribution in [0.2, 0.25) is 0 Å². The van der Waals surface area contributed by atoms with Gasteiger partial charge in [-0.1, -0.05) is 31.2 Å². The van der Waals surface area contributed by atoms with Gasteiger partial charge < -0.3 is 4.90 Å². The van der Waals surface area contributed by atoms with Crippen LogP contribution in [0.15, 0.2) is 42.5 Å². The van der Waals surface area contributed by atoms with E-state index >= 15 is 0 Å². The van der Waals surface area contributed by atoms with Gasteiger partial charge in [0.15, 0.2) is 17.4 Å². The van der Waals surface area contributed by atoms with Crippen molar-refractivity contribution in [2.75, 3.05) is 32.7 Å². The summed E-state index contributed by atoms with van der Waals surface area (Å²) in [6.07, 6.45) is 0.933. The molecule has 1 fully saturated rings. The monoisotopic (exact) mass is 372 g/mol. The second-order valence-corrected chi connectivity index (χ2v) is 6.67. The molecule has 142 valence electrons. The van der Waals surface area contributed by atoms with E-state index in [1.54, 1.807) is 4.90 Å². The Bertz CT molecular complexity index is 829. The highest BCUT2D eigenvalue weighted by Gasteiger charge is 2.24. The first-order chi connectivity index (χ1) is 13.0. The third-order valence-corrected chi connectivity index (χ3v) is 4.88. The van der Waals surface area contributed by atoms with Crippen molar-refractivity contribution < 1.29 is 18.4 Å². The first-order valence-corrected chi connectivity index (χ1v) is 9.06. The molecule has 1 amide bonds. The van der Waals surface area contributed by atoms with Gasteiger partial charge in [-0.2, -0.15) is 0 Å². The molecule has 0 N–H and O–H groups in total. The summed E-state index contributed by atoms with van der Waals surface area (Å²) in [4.78, 5) is 28.5. The molecule has 6 heteroatoms. The molecule has 0 aromatic heterocycles. The fourth-order valence-electron chi connectivity index (χ4n) is 3.14. The number of nitrogens with zero attached hydrogens (tertiary/aromatic N) is 2. The second kappa shape index (κ2) is 8.39. The summed E-state index contributed by atoms with van der Waals surface area (Å²) in [6.45, 7) is 4.39. The highest BCUT2D eigenvalue weighted by Crippen LogP contribution is 2.14. The Morgan fingerprint density at radius 3 is 2.11 bits per heavy atom. The van der Waals surface area contributed by atoms with Crippen LogP contribution in [0.5, 0.6) is 0 Å². The Morgan fingerprint density at radius 1 is 0.889 bits per heavy atom. The van der Waals surface area contributed by atoms with Gasteiger partial charge in [-0.05, 0) is 30.2 Å². The summed E-state index contributed by atoms with van der Waals surface area (Å²) in [5.41, 5.74) is 2.01. The fraction of sp³-hybridized carbons (Fsp3) is 0.333. The van der Waals surface area contributed by atoms with Gasteiger partial charge in [-0.3, -0.25) is 14.5 Å². The van der Waals surface area contributed by atoms with E-state index in [2.05, 4.69) is 6.92 Å². The number of carbonyl (C=O) groups is 2. The lowest BCUT2D eigenvalue weighted by atomic mass is 10.1. The van der Waals surface area contributed by atoms with Gasteiger partial charge in [0, 0.05) is 37.3 Å². The minimum atomic E-state index is -1.03. The molecule has 0 atom stereocenters. The van der Waals surface area contributed by atoms with Crippen molar-refractivity contribution >= 4 is 11.7 Å². The van der Waals surface area contributed by atoms with E-state index in [-0.39, 0.29) is 17.3 Å². The summed E-state index contributed by atoms with van der Waals surface area (Å²) in [5, 5.41) is 0. The molecule has 3 rings (SSSR count). The number of hydrogen-bond donors (Lipinski definition) is 0. The highest BCUT2D eigenvalue weighted by atomic mass is 19.2. The topological polar surface area (TPSA) is 40.6 Å². The van der Waals surface area contributed by atoms with Crippen molar-refractivity contribution in [2.45, 2.75) is 13.3 Å². The summed E-state index contributed by atoms with van der Waals surface area (Å²) >= 11 is 0. The smallest absolute Gasteiger partial charge is 0.254 e. The normalized spacial score (nSPS) is 15.0. The SMILES string of the molecule is CCc1ccc(C(=O)CN2CCN(C(=O)c3ccc(F)c(F)c3)CC2)cc1. The predicted octanol–water partition coefficient (Wildman–Crippen LogP) is 3.17. The predicted molar refractivity (Wildman–Crippen MR) is 98.9 cm³/mol. The van der Waals surface area contributed by atoms with Crippen LogP contribution in [-0.4, -0.2) is 54.2 Å². The molecular weight excluding hydrogens is 350 g/mol. The number of amides is 1. The van der Waals surface area contributed by atoms with Gasteiger partial charge >= 0.3 is 0 Å². The summed E-state index contributed by atoms with van der Waals surface area (Å²) < 4.78 is 26.4. The Kier molecular flexibility index (Phi) is 5.96. The molecule has 0 radical (unpaired) electrons. The number of benzene rings is 2. The molecule has 0 spiro atoms. The maximum Gasteiger partial charge on any atom is 0.254 e. The molecule has 4 nitrogen and oxygen atoms in total. The third-order valence-electron chi connectivity index (χ3n) is 4.88. The lowest BCUT2D eigenvalue weighted by Crippen LogP contribution is -2.49. The Labute approximate surface area is 157 Å². The maximum atomic E-state index is 13.3. The molecule has 2 aromatic carbocycles. The van der Waals surface area contributed by atoms with Crippen molar-refractivity contribution in [2.24, 2.45) is 0 Å². The van der Waals surface area contributed by atoms with Gasteiger partial charge in [-0.15, -0.1) is 0 Å². The maximum absolute atomic E-state index is 13.3. The Hall–Kier alpha value is -2.60. The third kappa shape index (κ3) is 4.57. The van der Waals surface area contributed by atoms with Gasteiger partial charge in [0.25, 0.3) is 5.91 Å². The Morgan fingerprint density at radius 2 is 1.52 bits per heavy atom. The number of rotatable bonds is 5. The highest BCUT2D eigenvalue weighted by molar-refractivity contribution is 5.97. The average Bonchev–Trinajstić information content (AvgIpc) is 2.70. The number of hydrogen-bond acceptors (Lipinski definition) is 3. The van der Waals surface area contributed by atoms with Crippen LogP contribution in [-0.2, 0) is 6.42 Å². The molecule has 0 unspecified atom stereocenters. The van der Waals surface area contributed by atoms with E-state index in [4.69, 9.17) is 0 Å². The van der Waals surface area contributed by atoms with Crippen LogP contribution in [0, 0.1) is 11.6 Å². The number of carbonyl (C=O) groups excluding carboxylic acids is 2. The molecule has 2 aromatic rings. The number of Topliss-reactive ketones (excluding diaryl/α,β-unsaturated/α-hetero) is 1. The number of ketones is 1. The lowest BCUT2D eigenvalue weighted by molar-refractivity contribution is 0.0624. The lowest BCUT2D eigenvalue weighted by Gasteiger charge is -2.34. The van der Waals surface area contributed by atoms with Crippen molar-refractivity contribution in [3.63, 3.8) is 0 Å². The first kappa shape index (κ1) is 19.2. The quantitative estimate of drug-likeness (QED) is 0.757. The van der Waals surface area contributed by atoms with Gasteiger partial charge in [0.2, 0.25) is 0 Å². The van der Waals surface area contributed by atoms with E-state index in [1.807, 2.05) is 29.2 Å². The fourth-order valence-corrected chi connectivity index (χ4v) is 3.14. The molecule has 1 heterocycles. The van der Waals surface area contributed by atoms with E-state index < -0.39 is 11.6 Å². The van der Waals surface area contributed by atoms with Crippen molar-refractivity contribution in [3.8, 4) is 0 Å². The minimum absolute atomic E-state index is 0.0537. The standard InChI is InChI=1S/C21H22F2N2O2/c1-2-15-3-5-16(6-4-15)20(26)14-24-9-11-25(12-10-24)21(27)17-7-8-18(22)19(23)13-17/h3-8,13H,2,9-12,14H2,1H3. The average molecular weight is 372 g/mol. The first-order valence-electron chi connectivity index (χ1n) is 9.06. The van der Waals surface area contributed by atoms with E-state index in [1.165, 1.54) is 11.6 Å². The summed E-state index contributed by atoms with van der Waals surface area (Å²) in [7, 11) is 0.